The lowest BCUT2D eigenvalue weighted by Crippen LogP contribution is -2.21. The van der Waals surface area contributed by atoms with Crippen molar-refractivity contribution in [3.05, 3.63) is 261 Å². The molecule has 9 aromatic rings. The van der Waals surface area contributed by atoms with Crippen LogP contribution in [0.1, 0.15) is 56.5 Å². The number of allylic oxidation sites excluding steroid dienone is 2. The Kier molecular flexibility index (Phi) is 11.3. The highest BCUT2D eigenvalue weighted by atomic mass is 15.1. The summed E-state index contributed by atoms with van der Waals surface area (Å²) in [5.41, 5.74) is 19.8. The Morgan fingerprint density at radius 2 is 0.778 bits per heavy atom. The van der Waals surface area contributed by atoms with Gasteiger partial charge in [0, 0.05) is 51.5 Å². The zero-order valence-corrected chi connectivity index (χ0v) is 40.1. The summed E-state index contributed by atoms with van der Waals surface area (Å²) < 4.78 is 0. The first-order valence-electron chi connectivity index (χ1n) is 23.7. The van der Waals surface area contributed by atoms with Crippen LogP contribution in [0.4, 0.5) is 34.1 Å². The third-order valence-electron chi connectivity index (χ3n) is 13.8. The summed E-state index contributed by atoms with van der Waals surface area (Å²) in [4.78, 5) is 22.8. The fourth-order valence-corrected chi connectivity index (χ4v) is 10.00. The number of benzene rings is 8. The van der Waals surface area contributed by atoms with Crippen LogP contribution in [0.3, 0.4) is 0 Å². The summed E-state index contributed by atoms with van der Waals surface area (Å²) in [5, 5.41) is 20.3. The number of hydrogen-bond acceptors (Lipinski definition) is 6. The monoisotopic (exact) mass is 924 g/mol. The van der Waals surface area contributed by atoms with E-state index < -0.39 is 11.8 Å². The van der Waals surface area contributed by atoms with Crippen molar-refractivity contribution < 1.29 is 0 Å². The first-order valence-corrected chi connectivity index (χ1v) is 23.7. The van der Waals surface area contributed by atoms with E-state index >= 15 is 0 Å². The smallest absolute Gasteiger partial charge is 0.191 e. The fourth-order valence-electron chi connectivity index (χ4n) is 10.00. The molecule has 0 saturated heterocycles. The summed E-state index contributed by atoms with van der Waals surface area (Å²) in [6.45, 7) is 24.3. The Balaban J connectivity index is 1.10. The Hall–Kier alpha value is -9.86. The molecular formula is C64H44N8. The van der Waals surface area contributed by atoms with E-state index in [9.17, 15) is 10.5 Å². The molecule has 2 aliphatic rings. The van der Waals surface area contributed by atoms with Crippen molar-refractivity contribution >= 4 is 45.2 Å². The summed E-state index contributed by atoms with van der Waals surface area (Å²) >= 11 is 0. The molecule has 1 heterocycles. The number of fused-ring (bicyclic) bond motifs is 7. The molecule has 0 spiro atoms. The maximum Gasteiger partial charge on any atom is 0.191 e. The van der Waals surface area contributed by atoms with Crippen LogP contribution in [0.15, 0.2) is 193 Å². The van der Waals surface area contributed by atoms with E-state index in [0.717, 1.165) is 61.9 Å². The molecule has 0 fully saturated rings. The van der Waals surface area contributed by atoms with Gasteiger partial charge in [0.15, 0.2) is 11.4 Å². The van der Waals surface area contributed by atoms with Crippen molar-refractivity contribution in [3.63, 3.8) is 0 Å². The largest absolute Gasteiger partial charge is 0.311 e. The lowest BCUT2D eigenvalue weighted by Gasteiger charge is -2.34. The van der Waals surface area contributed by atoms with Crippen molar-refractivity contribution in [3.8, 4) is 45.6 Å². The maximum absolute atomic E-state index is 10.2. The van der Waals surface area contributed by atoms with E-state index in [1.807, 2.05) is 6.08 Å². The Bertz CT molecular complexity index is 3770. The van der Waals surface area contributed by atoms with Gasteiger partial charge in [-0.3, -0.25) is 9.69 Å². The molecule has 72 heavy (non-hydrogen) atoms. The summed E-state index contributed by atoms with van der Waals surface area (Å²) in [6.07, 6.45) is 3.62. The van der Waals surface area contributed by atoms with Crippen molar-refractivity contribution in [2.24, 2.45) is 0 Å². The number of anilines is 6. The molecule has 2 aliphatic carbocycles. The fraction of sp³-hybridized carbons (Fsp3) is 0.0938. The molecule has 0 N–H and O–H groups in total. The lowest BCUT2D eigenvalue weighted by atomic mass is 9.71. The molecule has 1 aromatic heterocycles. The standard InChI is InChI=1S/C64H44N8/c1-39-7-19-47(20-8-39)71(48-21-9-40(2)10-22-48)51-27-15-43(16-28-51)53-33-61-62(34-54(53)44-17-29-52(30-18-44)72(49-23-11-41(3)12-24-49)50-25-13-42(4)14-26-50)70-64-58-36-60(68-6)59(67-5)35-56(58)55-31-45(37-65)46(38-66)32-57(55)63(64)69-61/h7-36,56,58H,1-4H3. The average Bonchev–Trinajstić information content (AvgIpc) is 3.42. The van der Waals surface area contributed by atoms with Crippen molar-refractivity contribution in [2.45, 2.75) is 39.5 Å². The van der Waals surface area contributed by atoms with E-state index in [4.69, 9.17) is 23.1 Å². The van der Waals surface area contributed by atoms with E-state index in [-0.39, 0.29) is 22.5 Å². The predicted molar refractivity (Wildman–Crippen MR) is 288 cm³/mol. The summed E-state index contributed by atoms with van der Waals surface area (Å²) in [6, 6.07) is 63.7. The Morgan fingerprint density at radius 1 is 0.431 bits per heavy atom. The Morgan fingerprint density at radius 3 is 1.15 bits per heavy atom. The zero-order valence-electron chi connectivity index (χ0n) is 40.1. The van der Waals surface area contributed by atoms with Crippen LogP contribution in [0, 0.1) is 63.5 Å². The van der Waals surface area contributed by atoms with Gasteiger partial charge in [0.05, 0.1) is 46.7 Å². The molecule has 0 bridgehead atoms. The summed E-state index contributed by atoms with van der Waals surface area (Å²) in [5.74, 6) is -0.837. The van der Waals surface area contributed by atoms with Crippen LogP contribution in [0.5, 0.6) is 0 Å². The topological polar surface area (TPSA) is 88.6 Å². The minimum Gasteiger partial charge on any atom is -0.311 e. The summed E-state index contributed by atoms with van der Waals surface area (Å²) in [7, 11) is 0. The number of rotatable bonds is 8. The zero-order chi connectivity index (χ0) is 49.6. The SMILES string of the molecule is [C-]#[N+]C1=CC2c3cc(C#N)c(C#N)cc3-c3nc4cc(-c5ccc(N(c6ccc(C)cc6)c6ccc(C)cc6)cc5)c(-c5ccc(N(c6ccc(C)cc6)c6ccc(C)cc6)cc5)cc4nc3C2C=C1[N+]#[C-]. The highest BCUT2D eigenvalue weighted by molar-refractivity contribution is 5.96. The van der Waals surface area contributed by atoms with Gasteiger partial charge in [0.1, 0.15) is 12.1 Å². The van der Waals surface area contributed by atoms with Gasteiger partial charge in [-0.15, -0.1) is 0 Å². The third-order valence-corrected chi connectivity index (χ3v) is 13.8. The van der Waals surface area contributed by atoms with Gasteiger partial charge in [-0.25, -0.2) is 9.97 Å². The van der Waals surface area contributed by atoms with Crippen LogP contribution < -0.4 is 9.80 Å². The second kappa shape index (κ2) is 18.2. The molecule has 0 aliphatic heterocycles. The second-order valence-electron chi connectivity index (χ2n) is 18.5. The first-order chi connectivity index (χ1) is 35.1. The minimum absolute atomic E-state index is 0.235. The Labute approximate surface area is 419 Å². The predicted octanol–water partition coefficient (Wildman–Crippen LogP) is 16.3. The van der Waals surface area contributed by atoms with Crippen LogP contribution in [0.2, 0.25) is 0 Å². The molecule has 8 aromatic carbocycles. The number of aromatic nitrogens is 2. The molecule has 0 radical (unpaired) electrons. The van der Waals surface area contributed by atoms with E-state index in [0.29, 0.717) is 28.0 Å². The highest BCUT2D eigenvalue weighted by Crippen LogP contribution is 2.52. The molecular weight excluding hydrogens is 881 g/mol. The first kappa shape index (κ1) is 44.6. The van der Waals surface area contributed by atoms with Crippen molar-refractivity contribution in [1.29, 1.82) is 10.5 Å². The quantitative estimate of drug-likeness (QED) is 0.141. The lowest BCUT2D eigenvalue weighted by molar-refractivity contribution is 0.688. The van der Waals surface area contributed by atoms with Gasteiger partial charge in [-0.05, 0) is 153 Å². The molecule has 2 unspecified atom stereocenters. The maximum atomic E-state index is 10.2. The second-order valence-corrected chi connectivity index (χ2v) is 18.5. The van der Waals surface area contributed by atoms with Crippen molar-refractivity contribution in [1.82, 2.24) is 9.97 Å². The molecule has 2 atom stereocenters. The van der Waals surface area contributed by atoms with Crippen LogP contribution in [-0.4, -0.2) is 9.97 Å². The molecule has 8 nitrogen and oxygen atoms in total. The number of hydrogen-bond donors (Lipinski definition) is 0. The van der Waals surface area contributed by atoms with E-state index in [2.05, 4.69) is 217 Å². The van der Waals surface area contributed by atoms with Crippen molar-refractivity contribution in [2.75, 3.05) is 9.80 Å². The third kappa shape index (κ3) is 8.00. The normalized spacial score (nSPS) is 14.2. The molecule has 8 heteroatoms. The molecule has 0 saturated carbocycles. The molecule has 11 rings (SSSR count). The van der Waals surface area contributed by atoms with Crippen LogP contribution in [0.25, 0.3) is 54.2 Å². The minimum atomic E-state index is -0.437. The van der Waals surface area contributed by atoms with Crippen LogP contribution in [-0.2, 0) is 0 Å². The van der Waals surface area contributed by atoms with Gasteiger partial charge in [0.25, 0.3) is 0 Å². The van der Waals surface area contributed by atoms with Gasteiger partial charge >= 0.3 is 0 Å². The van der Waals surface area contributed by atoms with Crippen LogP contribution >= 0.6 is 0 Å². The number of nitriles is 2. The molecule has 0 amide bonds. The van der Waals surface area contributed by atoms with Gasteiger partial charge in [-0.2, -0.15) is 10.5 Å². The van der Waals surface area contributed by atoms with E-state index in [1.165, 1.54) is 22.3 Å². The average molecular weight is 925 g/mol. The van der Waals surface area contributed by atoms with Gasteiger partial charge in [-0.1, -0.05) is 107 Å². The highest BCUT2D eigenvalue weighted by Gasteiger charge is 2.38. The van der Waals surface area contributed by atoms with Gasteiger partial charge in [0.2, 0.25) is 0 Å². The van der Waals surface area contributed by atoms with Gasteiger partial charge < -0.3 is 9.80 Å². The molecule has 340 valence electrons. The van der Waals surface area contributed by atoms with E-state index in [1.54, 1.807) is 18.2 Å². The number of aryl methyl sites for hydroxylation is 4. The number of nitrogens with zero attached hydrogens (tertiary/aromatic N) is 8.